The minimum Gasteiger partial charge on any atom is -0.280 e. The molecule has 2 N–H and O–H groups in total. The minimum atomic E-state index is -3.87. The normalized spacial score (nSPS) is 14.7. The molecule has 0 saturated heterocycles. The molecule has 4 rings (SSSR count). The number of nitrogens with zero attached hydrogens (tertiary/aromatic N) is 1. The Hall–Kier alpha value is -3.16. The van der Waals surface area contributed by atoms with Crippen molar-refractivity contribution in [3.63, 3.8) is 0 Å². The van der Waals surface area contributed by atoms with Gasteiger partial charge in [0.25, 0.3) is 15.9 Å². The number of nitrogens with one attached hydrogen (secondary N) is 2. The molecule has 3 aromatic carbocycles. The Kier molecular flexibility index (Phi) is 6.06. The highest BCUT2D eigenvalue weighted by Gasteiger charge is 2.18. The van der Waals surface area contributed by atoms with Crippen molar-refractivity contribution in [2.75, 3.05) is 4.72 Å². The number of benzene rings is 3. The molecule has 0 spiro atoms. The molecule has 0 heterocycles. The van der Waals surface area contributed by atoms with Crippen molar-refractivity contribution in [2.45, 2.75) is 24.2 Å². The lowest BCUT2D eigenvalue weighted by Gasteiger charge is -2.17. The van der Waals surface area contributed by atoms with Crippen molar-refractivity contribution >= 4 is 38.9 Å². The lowest BCUT2D eigenvalue weighted by molar-refractivity contribution is 0.0954. The number of hydrazone groups is 1. The van der Waals surface area contributed by atoms with Crippen molar-refractivity contribution in [3.8, 4) is 0 Å². The van der Waals surface area contributed by atoms with Gasteiger partial charge in [0.2, 0.25) is 0 Å². The van der Waals surface area contributed by atoms with Crippen LogP contribution >= 0.6 is 11.6 Å². The van der Waals surface area contributed by atoms with E-state index in [1.807, 2.05) is 18.2 Å². The molecule has 6 nitrogen and oxygen atoms in total. The van der Waals surface area contributed by atoms with Crippen molar-refractivity contribution < 1.29 is 13.2 Å². The third kappa shape index (κ3) is 4.95. The Morgan fingerprint density at radius 1 is 0.935 bits per heavy atom. The van der Waals surface area contributed by atoms with E-state index in [-0.39, 0.29) is 10.5 Å². The zero-order valence-electron chi connectivity index (χ0n) is 16.5. The number of hydrogen-bond donors (Lipinski definition) is 2. The van der Waals surface area contributed by atoms with Gasteiger partial charge in [0.05, 0.1) is 10.6 Å². The van der Waals surface area contributed by atoms with Gasteiger partial charge in [-0.05, 0) is 67.3 Å². The fourth-order valence-electron chi connectivity index (χ4n) is 3.44. The third-order valence-electron chi connectivity index (χ3n) is 4.98. The van der Waals surface area contributed by atoms with Crippen molar-refractivity contribution in [2.24, 2.45) is 5.10 Å². The average Bonchev–Trinajstić information content (AvgIpc) is 2.79. The molecule has 158 valence electrons. The van der Waals surface area contributed by atoms with Crippen LogP contribution in [0.5, 0.6) is 0 Å². The van der Waals surface area contributed by atoms with E-state index in [1.165, 1.54) is 23.8 Å². The third-order valence-corrected chi connectivity index (χ3v) is 6.61. The molecule has 0 aromatic heterocycles. The summed E-state index contributed by atoms with van der Waals surface area (Å²) in [7, 11) is -3.87. The van der Waals surface area contributed by atoms with Gasteiger partial charge in [-0.1, -0.05) is 41.9 Å². The number of halogens is 1. The van der Waals surface area contributed by atoms with Crippen molar-refractivity contribution in [3.05, 3.63) is 94.5 Å². The largest absolute Gasteiger partial charge is 0.280 e. The van der Waals surface area contributed by atoms with Gasteiger partial charge in [-0.25, -0.2) is 13.8 Å². The van der Waals surface area contributed by atoms with Crippen molar-refractivity contribution in [1.82, 2.24) is 5.43 Å². The first-order chi connectivity index (χ1) is 14.9. The van der Waals surface area contributed by atoms with Crippen molar-refractivity contribution in [1.29, 1.82) is 0 Å². The number of carbonyl (C=O) groups excluding carboxylic acids is 1. The summed E-state index contributed by atoms with van der Waals surface area (Å²) in [5.74, 6) is -0.473. The Bertz CT molecular complexity index is 1260. The van der Waals surface area contributed by atoms with Crippen LogP contribution < -0.4 is 10.1 Å². The number of carbonyl (C=O) groups is 1. The summed E-state index contributed by atoms with van der Waals surface area (Å²) in [6, 6.07) is 20.1. The summed E-state index contributed by atoms with van der Waals surface area (Å²) < 4.78 is 27.9. The Morgan fingerprint density at radius 2 is 1.71 bits per heavy atom. The summed E-state index contributed by atoms with van der Waals surface area (Å²) in [6.45, 7) is 0. The fourth-order valence-corrected chi connectivity index (χ4v) is 4.67. The van der Waals surface area contributed by atoms with E-state index in [2.05, 4.69) is 21.3 Å². The summed E-state index contributed by atoms with van der Waals surface area (Å²) in [6.07, 6.45) is 2.73. The number of fused-ring (bicyclic) bond motifs is 1. The van der Waals surface area contributed by atoms with Crippen LogP contribution in [0.25, 0.3) is 0 Å². The molecular weight excluding hydrogens is 434 g/mol. The number of hydrogen-bond acceptors (Lipinski definition) is 4. The molecule has 3 aromatic rings. The van der Waals surface area contributed by atoms with Gasteiger partial charge in [0.1, 0.15) is 0 Å². The van der Waals surface area contributed by atoms with Gasteiger partial charge in [-0.3, -0.25) is 9.52 Å². The molecule has 31 heavy (non-hydrogen) atoms. The van der Waals surface area contributed by atoms with E-state index >= 15 is 0 Å². The van der Waals surface area contributed by atoms with Gasteiger partial charge in [-0.15, -0.1) is 0 Å². The second-order valence-electron chi connectivity index (χ2n) is 7.15. The van der Waals surface area contributed by atoms with Crippen LogP contribution in [0.2, 0.25) is 5.02 Å². The number of amides is 1. The molecule has 0 bridgehead atoms. The number of sulfonamides is 1. The van der Waals surface area contributed by atoms with Gasteiger partial charge < -0.3 is 0 Å². The molecule has 0 saturated carbocycles. The van der Waals surface area contributed by atoms with Crippen LogP contribution in [0, 0.1) is 0 Å². The van der Waals surface area contributed by atoms with E-state index in [0.29, 0.717) is 10.7 Å². The van der Waals surface area contributed by atoms with Crippen LogP contribution in [0.15, 0.2) is 82.8 Å². The molecule has 8 heteroatoms. The van der Waals surface area contributed by atoms with Crippen LogP contribution in [0.4, 0.5) is 5.69 Å². The topological polar surface area (TPSA) is 87.6 Å². The van der Waals surface area contributed by atoms with E-state index < -0.39 is 15.9 Å². The zero-order valence-corrected chi connectivity index (χ0v) is 18.1. The maximum atomic E-state index is 12.7. The number of rotatable bonds is 5. The van der Waals surface area contributed by atoms with E-state index in [1.54, 1.807) is 30.3 Å². The molecule has 0 fully saturated rings. The van der Waals surface area contributed by atoms with Gasteiger partial charge in [-0.2, -0.15) is 5.10 Å². The highest BCUT2D eigenvalue weighted by Crippen LogP contribution is 2.22. The van der Waals surface area contributed by atoms with Gasteiger partial charge in [0.15, 0.2) is 0 Å². The first-order valence-electron chi connectivity index (χ1n) is 9.76. The summed E-state index contributed by atoms with van der Waals surface area (Å²) in [5.41, 5.74) is 6.21. The molecule has 0 radical (unpaired) electrons. The van der Waals surface area contributed by atoms with Crippen LogP contribution in [-0.2, 0) is 16.4 Å². The maximum Gasteiger partial charge on any atom is 0.271 e. The predicted molar refractivity (Wildman–Crippen MR) is 122 cm³/mol. The monoisotopic (exact) mass is 453 g/mol. The van der Waals surface area contributed by atoms with Gasteiger partial charge in [0, 0.05) is 21.8 Å². The number of anilines is 1. The molecule has 1 amide bonds. The van der Waals surface area contributed by atoms with Crippen LogP contribution in [0.3, 0.4) is 0 Å². The molecule has 0 aliphatic heterocycles. The molecule has 1 aliphatic carbocycles. The summed E-state index contributed by atoms with van der Waals surface area (Å²) in [5, 5.41) is 4.81. The standard InChI is InChI=1S/C23H20ClN3O3S/c24-18-11-13-19(14-12-18)27-31(29,30)20-8-3-7-17(15-20)23(28)26-25-22-10-4-6-16-5-1-2-9-21(16)22/h1-3,5,7-9,11-15,27H,4,6,10H2,(H,26,28). The SMILES string of the molecule is O=C(NN=C1CCCc2ccccc21)c1cccc(S(=O)(=O)Nc2ccc(Cl)cc2)c1. The summed E-state index contributed by atoms with van der Waals surface area (Å²) >= 11 is 5.84. The van der Waals surface area contributed by atoms with E-state index in [4.69, 9.17) is 11.6 Å². The zero-order chi connectivity index (χ0) is 21.8. The second kappa shape index (κ2) is 8.91. The molecular formula is C23H20ClN3O3S. The molecule has 0 unspecified atom stereocenters. The van der Waals surface area contributed by atoms with Crippen LogP contribution in [-0.4, -0.2) is 20.0 Å². The maximum absolute atomic E-state index is 12.7. The Morgan fingerprint density at radius 3 is 2.52 bits per heavy atom. The highest BCUT2D eigenvalue weighted by atomic mass is 35.5. The Balaban J connectivity index is 1.52. The predicted octanol–water partition coefficient (Wildman–Crippen LogP) is 4.61. The minimum absolute atomic E-state index is 0.0224. The summed E-state index contributed by atoms with van der Waals surface area (Å²) in [4.78, 5) is 12.6. The van der Waals surface area contributed by atoms with Gasteiger partial charge >= 0.3 is 0 Å². The number of aryl methyl sites for hydroxylation is 1. The Labute approximate surface area is 186 Å². The lowest BCUT2D eigenvalue weighted by atomic mass is 9.90. The van der Waals surface area contributed by atoms with E-state index in [9.17, 15) is 13.2 Å². The highest BCUT2D eigenvalue weighted by molar-refractivity contribution is 7.92. The molecule has 0 atom stereocenters. The average molecular weight is 454 g/mol. The quantitative estimate of drug-likeness (QED) is 0.553. The smallest absolute Gasteiger partial charge is 0.271 e. The first-order valence-corrected chi connectivity index (χ1v) is 11.6. The molecule has 1 aliphatic rings. The second-order valence-corrected chi connectivity index (χ2v) is 9.27. The van der Waals surface area contributed by atoms with E-state index in [0.717, 1.165) is 30.5 Å². The fraction of sp³-hybridized carbons (Fsp3) is 0.130. The first kappa shape index (κ1) is 21.1. The lowest BCUT2D eigenvalue weighted by Crippen LogP contribution is -2.22. The van der Waals surface area contributed by atoms with Crippen LogP contribution in [0.1, 0.15) is 34.3 Å².